The summed E-state index contributed by atoms with van der Waals surface area (Å²) in [4.78, 5) is 148. The van der Waals surface area contributed by atoms with Crippen molar-refractivity contribution >= 4 is 122 Å². The molecule has 132 heavy (non-hydrogen) atoms. The van der Waals surface area contributed by atoms with Gasteiger partial charge in [-0.3, -0.25) is 57.2 Å². The summed E-state index contributed by atoms with van der Waals surface area (Å²) in [5.41, 5.74) is 2.14. The number of halogens is 9. The molecule has 9 aromatic heterocycles. The van der Waals surface area contributed by atoms with Crippen LogP contribution in [0.15, 0.2) is 147 Å². The quantitative estimate of drug-likeness (QED) is 0.0483. The third-order valence-corrected chi connectivity index (χ3v) is 23.8. The first kappa shape index (κ1) is 91.4. The number of piperazine rings is 3. The number of nitrogens with zero attached hydrogens (tertiary/aromatic N) is 24. The van der Waals surface area contributed by atoms with Gasteiger partial charge >= 0.3 is 19.8 Å². The van der Waals surface area contributed by atoms with E-state index in [1.54, 1.807) is 51.5 Å². The summed E-state index contributed by atoms with van der Waals surface area (Å²) in [6.45, 7) is -0.461. The van der Waals surface area contributed by atoms with Gasteiger partial charge in [0.05, 0.1) is 73.9 Å². The molecule has 6 aliphatic heterocycles. The van der Waals surface area contributed by atoms with E-state index < -0.39 is 55.7 Å². The van der Waals surface area contributed by atoms with E-state index in [1.165, 1.54) is 153 Å². The molecular formula is C84H84Cl3F6N27O12. The highest BCUT2D eigenvalue weighted by Gasteiger charge is 2.42. The van der Waals surface area contributed by atoms with E-state index >= 15 is 0 Å². The number of ether oxygens (including phenoxy) is 3. The predicted octanol–water partition coefficient (Wildman–Crippen LogP) is 7.94. The monoisotopic (exact) mass is 1880 g/mol. The smallest absolute Gasteiger partial charge is 0.387 e. The van der Waals surface area contributed by atoms with Gasteiger partial charge in [0.2, 0.25) is 35.4 Å². The molecule has 6 aliphatic rings. The molecule has 3 atom stereocenters. The number of alkyl halides is 6. The van der Waals surface area contributed by atoms with Crippen molar-refractivity contribution in [3.05, 3.63) is 179 Å². The van der Waals surface area contributed by atoms with Gasteiger partial charge in [-0.25, -0.2) is 28.5 Å². The maximum absolute atomic E-state index is 13.5. The summed E-state index contributed by atoms with van der Waals surface area (Å²) < 4.78 is 102. The highest BCUT2D eigenvalue weighted by atomic mass is 35.5. The molecule has 15 heterocycles. The Morgan fingerprint density at radius 1 is 0.394 bits per heavy atom. The minimum Gasteiger partial charge on any atom is -0.434 e. The van der Waals surface area contributed by atoms with Gasteiger partial charge in [0.1, 0.15) is 69.1 Å². The van der Waals surface area contributed by atoms with Crippen LogP contribution in [-0.4, -0.2) is 329 Å². The maximum atomic E-state index is 13.5. The third-order valence-electron chi connectivity index (χ3n) is 23.1. The summed E-state index contributed by atoms with van der Waals surface area (Å²) in [5, 5.41) is 35.0. The van der Waals surface area contributed by atoms with Crippen LogP contribution in [0.4, 0.5) is 43.4 Å². The van der Waals surface area contributed by atoms with E-state index in [2.05, 4.69) is 76.2 Å². The van der Waals surface area contributed by atoms with E-state index in [0.717, 1.165) is 39.3 Å². The number of amides is 9. The topological polar surface area (TPSA) is 391 Å². The van der Waals surface area contributed by atoms with E-state index in [9.17, 15) is 69.5 Å². The molecule has 6 saturated heterocycles. The molecule has 0 spiro atoms. The fourth-order valence-corrected chi connectivity index (χ4v) is 16.6. The largest absolute Gasteiger partial charge is 0.434 e. The number of benzene rings is 3. The van der Waals surface area contributed by atoms with Crippen LogP contribution in [0.5, 0.6) is 17.2 Å². The minimum atomic E-state index is -3.14. The van der Waals surface area contributed by atoms with Crippen molar-refractivity contribution in [3.63, 3.8) is 0 Å². The van der Waals surface area contributed by atoms with Gasteiger partial charge < -0.3 is 74.3 Å². The van der Waals surface area contributed by atoms with Crippen molar-refractivity contribution in [2.45, 2.75) is 57.2 Å². The second-order valence-corrected chi connectivity index (χ2v) is 32.9. The number of hydrogen-bond donors (Lipinski definition) is 3. The number of likely N-dealkylation sites (N-methyl/N-ethyl adjacent to an activating group) is 3. The average Bonchev–Trinajstić information content (AvgIpc) is 1.63. The third kappa shape index (κ3) is 20.5. The van der Waals surface area contributed by atoms with Crippen LogP contribution in [0, 0.1) is 0 Å². The van der Waals surface area contributed by atoms with Gasteiger partial charge in [0.15, 0.2) is 16.9 Å². The normalized spacial score (nSPS) is 17.6. The van der Waals surface area contributed by atoms with Crippen molar-refractivity contribution in [3.8, 4) is 51.0 Å². The van der Waals surface area contributed by atoms with Crippen LogP contribution in [0.1, 0.15) is 68.5 Å². The van der Waals surface area contributed by atoms with E-state index in [4.69, 9.17) is 49.0 Å². The number of carbonyl (C=O) groups excluding carboxylic acids is 9. The predicted molar refractivity (Wildman–Crippen MR) is 464 cm³/mol. The number of nitrogens with one attached hydrogen (secondary N) is 3. The second kappa shape index (κ2) is 39.8. The summed E-state index contributed by atoms with van der Waals surface area (Å²) in [6, 6.07) is 14.7. The number of anilines is 3. The fourth-order valence-electron chi connectivity index (χ4n) is 16.0. The highest BCUT2D eigenvalue weighted by Crippen LogP contribution is 2.43. The first-order valence-electron chi connectivity index (χ1n) is 41.6. The molecule has 3 aromatic carbocycles. The number of hydrogen-bond acceptors (Lipinski definition) is 24. The lowest BCUT2D eigenvalue weighted by atomic mass is 10.1. The van der Waals surface area contributed by atoms with Gasteiger partial charge in [-0.1, -0.05) is 34.8 Å². The van der Waals surface area contributed by atoms with Crippen molar-refractivity contribution in [1.82, 2.24) is 117 Å². The SMILES string of the molecule is CN1CCN(C(=O)CN2CCC(n3cc(NC(=O)c4cnn5cccnc45)c(-c4cc(Cl)ccc4OC(F)F)n3)C2=O)CC1.CN1CCN(C(=O)CN2CC[C@@H](n3cc(NC(=O)c4cnn5cccnc45)c(-c4cc(Cl)ccc4OC(F)F)n3)C2=O)CC1.CN1CCN(C(=O)CN2CC[C@H](n3cc(NC(=O)c4cnn5cccnc45)c(-c4cc(Cl)ccc4OC(F)F)n3)C2=O)CC1. The summed E-state index contributed by atoms with van der Waals surface area (Å²) in [6.07, 6.45) is 18.9. The standard InChI is InChI=1S/3C28H28ClF2N9O4/c3*1-36-9-11-37(12-10-36)23(41)16-38-8-5-21(27(38)43)40-15-20(34-26(42)19-14-33-39-7-2-6-32-25(19)39)24(35-40)18-13-17(29)3-4-22(18)44-28(30)31/h3*2-4,6-7,13-15,21,28H,5,8-12,16H2,1H3,(H,34,42)/t2*21-;/m10./s1. The molecule has 3 N–H and O–H groups in total. The molecule has 0 radical (unpaired) electrons. The number of carbonyl (C=O) groups is 9. The number of rotatable bonds is 24. The van der Waals surface area contributed by atoms with E-state index in [1.807, 2.05) is 21.1 Å². The average molecular weight is 1880 g/mol. The zero-order valence-corrected chi connectivity index (χ0v) is 73.0. The lowest BCUT2D eigenvalue weighted by Crippen LogP contribution is -2.50. The molecule has 0 bridgehead atoms. The van der Waals surface area contributed by atoms with Gasteiger partial charge in [-0.2, -0.15) is 56.9 Å². The Morgan fingerprint density at radius 2 is 0.659 bits per heavy atom. The van der Waals surface area contributed by atoms with Gasteiger partial charge in [-0.15, -0.1) is 0 Å². The number of likely N-dealkylation sites (tertiary alicyclic amines) is 3. The fraction of sp³-hybridized carbons (Fsp3) is 0.357. The molecule has 0 saturated carbocycles. The molecule has 39 nitrogen and oxygen atoms in total. The second-order valence-electron chi connectivity index (χ2n) is 31.6. The highest BCUT2D eigenvalue weighted by molar-refractivity contribution is 6.32. The van der Waals surface area contributed by atoms with Crippen LogP contribution in [0.3, 0.4) is 0 Å². The molecule has 12 aromatic rings. The van der Waals surface area contributed by atoms with Crippen LogP contribution in [0.2, 0.25) is 15.1 Å². The molecule has 690 valence electrons. The van der Waals surface area contributed by atoms with Crippen LogP contribution >= 0.6 is 34.8 Å². The Balaban J connectivity index is 0.000000144. The Kier molecular flexibility index (Phi) is 27.6. The molecule has 18 rings (SSSR count). The zero-order chi connectivity index (χ0) is 92.9. The van der Waals surface area contributed by atoms with E-state index in [0.29, 0.717) is 95.1 Å². The Hall–Kier alpha value is -13.9. The zero-order valence-electron chi connectivity index (χ0n) is 70.7. The minimum absolute atomic E-state index is 0.0562. The molecule has 9 amide bonds. The van der Waals surface area contributed by atoms with Crippen LogP contribution in [-0.2, 0) is 28.8 Å². The lowest BCUT2D eigenvalue weighted by molar-refractivity contribution is -0.140. The van der Waals surface area contributed by atoms with Crippen LogP contribution in [0.25, 0.3) is 50.7 Å². The first-order chi connectivity index (χ1) is 63.5. The Morgan fingerprint density at radius 3 is 0.917 bits per heavy atom. The molecule has 1 unspecified atom stereocenters. The lowest BCUT2D eigenvalue weighted by Gasteiger charge is -2.33. The maximum Gasteiger partial charge on any atom is 0.387 e. The Labute approximate surface area is 761 Å². The summed E-state index contributed by atoms with van der Waals surface area (Å²) in [5.74, 6) is -3.77. The molecule has 0 aliphatic carbocycles. The number of aromatic nitrogens is 15. The van der Waals surface area contributed by atoms with Gasteiger partial charge in [0, 0.05) is 167 Å². The van der Waals surface area contributed by atoms with Gasteiger partial charge in [0.25, 0.3) is 17.7 Å². The van der Waals surface area contributed by atoms with Crippen molar-refractivity contribution in [2.75, 3.05) is 155 Å². The molecule has 6 fully saturated rings. The molecular weight excluding hydrogens is 1800 g/mol. The van der Waals surface area contributed by atoms with Crippen molar-refractivity contribution in [2.24, 2.45) is 0 Å². The van der Waals surface area contributed by atoms with Crippen molar-refractivity contribution in [1.29, 1.82) is 0 Å². The molecule has 48 heteroatoms. The van der Waals surface area contributed by atoms with E-state index in [-0.39, 0.29) is 155 Å². The summed E-state index contributed by atoms with van der Waals surface area (Å²) in [7, 11) is 5.98. The summed E-state index contributed by atoms with van der Waals surface area (Å²) >= 11 is 18.7. The van der Waals surface area contributed by atoms with Crippen LogP contribution < -0.4 is 30.2 Å². The van der Waals surface area contributed by atoms with Crippen molar-refractivity contribution < 1.29 is 83.7 Å². The number of fused-ring (bicyclic) bond motifs is 3. The first-order valence-corrected chi connectivity index (χ1v) is 42.7. The van der Waals surface area contributed by atoms with Gasteiger partial charge in [-0.05, 0) is 113 Å². The Bertz CT molecular complexity index is 5750.